The van der Waals surface area contributed by atoms with Gasteiger partial charge in [0.25, 0.3) is 0 Å². The molecule has 0 aromatic heterocycles. The van der Waals surface area contributed by atoms with Gasteiger partial charge in [-0.1, -0.05) is 0 Å². The second-order valence-electron chi connectivity index (χ2n) is 3.76. The van der Waals surface area contributed by atoms with Crippen LogP contribution in [0.4, 0.5) is 5.69 Å². The van der Waals surface area contributed by atoms with Crippen LogP contribution in [-0.2, 0) is 14.8 Å². The van der Waals surface area contributed by atoms with Gasteiger partial charge in [0.05, 0.1) is 4.90 Å². The fourth-order valence-electron chi connectivity index (χ4n) is 1.33. The molecule has 0 bridgehead atoms. The maximum Gasteiger partial charge on any atom is 0.238 e. The molecule has 0 saturated carbocycles. The number of carbonyl (C=O) groups is 1. The number of nitrogens with one attached hydrogen (secondary N) is 1. The summed E-state index contributed by atoms with van der Waals surface area (Å²) < 4.78 is 22.0. The van der Waals surface area contributed by atoms with Gasteiger partial charge in [-0.3, -0.25) is 4.79 Å². The van der Waals surface area contributed by atoms with Crippen molar-refractivity contribution in [2.75, 3.05) is 11.2 Å². The second kappa shape index (κ2) is 6.72. The normalized spacial score (nSPS) is 11.2. The number of nitrogens with two attached hydrogens (primary N) is 1. The third kappa shape index (κ3) is 5.03. The van der Waals surface area contributed by atoms with Gasteiger partial charge in [0.1, 0.15) is 0 Å². The molecule has 7 heteroatoms. The molecule has 0 heterocycles. The Labute approximate surface area is 111 Å². The van der Waals surface area contributed by atoms with Gasteiger partial charge in [0.2, 0.25) is 15.9 Å². The number of alkyl halides is 1. The van der Waals surface area contributed by atoms with E-state index in [0.29, 0.717) is 18.0 Å². The fourth-order valence-corrected chi connectivity index (χ4v) is 2.04. The number of carbonyl (C=O) groups excluding carboxylic acids is 1. The highest BCUT2D eigenvalue weighted by molar-refractivity contribution is 7.89. The zero-order valence-electron chi connectivity index (χ0n) is 9.73. The third-order valence-electron chi connectivity index (χ3n) is 2.25. The fraction of sp³-hybridized carbons (Fsp3) is 0.364. The monoisotopic (exact) mass is 290 g/mol. The summed E-state index contributed by atoms with van der Waals surface area (Å²) in [4.78, 5) is 11.5. The lowest BCUT2D eigenvalue weighted by atomic mass is 10.2. The molecule has 1 rings (SSSR count). The molecule has 0 aliphatic carbocycles. The van der Waals surface area contributed by atoms with Crippen LogP contribution in [0.2, 0.25) is 0 Å². The molecule has 3 N–H and O–H groups in total. The van der Waals surface area contributed by atoms with E-state index in [2.05, 4.69) is 5.32 Å². The van der Waals surface area contributed by atoms with E-state index in [1.807, 2.05) is 0 Å². The number of anilines is 1. The van der Waals surface area contributed by atoms with Gasteiger partial charge in [0, 0.05) is 18.0 Å². The molecule has 1 amide bonds. The molecule has 0 aliphatic rings. The molecule has 1 aromatic rings. The molecular weight excluding hydrogens is 276 g/mol. The van der Waals surface area contributed by atoms with Gasteiger partial charge >= 0.3 is 0 Å². The van der Waals surface area contributed by atoms with Crippen molar-refractivity contribution in [1.82, 2.24) is 0 Å². The number of halogens is 1. The molecule has 1 aromatic carbocycles. The lowest BCUT2D eigenvalue weighted by Gasteiger charge is -2.05. The second-order valence-corrected chi connectivity index (χ2v) is 5.70. The Balaban J connectivity index is 2.56. The molecule has 18 heavy (non-hydrogen) atoms. The molecule has 0 aliphatic heterocycles. The van der Waals surface area contributed by atoms with Gasteiger partial charge < -0.3 is 5.32 Å². The van der Waals surface area contributed by atoms with Crippen LogP contribution in [0.25, 0.3) is 0 Å². The highest BCUT2D eigenvalue weighted by Gasteiger charge is 2.07. The predicted molar refractivity (Wildman–Crippen MR) is 71.0 cm³/mol. The van der Waals surface area contributed by atoms with Gasteiger partial charge in [-0.25, -0.2) is 13.6 Å². The molecule has 0 fully saturated rings. The van der Waals surface area contributed by atoms with Crippen molar-refractivity contribution >= 4 is 33.2 Å². The van der Waals surface area contributed by atoms with Crippen LogP contribution in [0.3, 0.4) is 0 Å². The van der Waals surface area contributed by atoms with E-state index >= 15 is 0 Å². The first kappa shape index (κ1) is 14.9. The maximum atomic E-state index is 11.5. The van der Waals surface area contributed by atoms with Gasteiger partial charge in [0.15, 0.2) is 0 Å². The molecule has 5 nitrogen and oxygen atoms in total. The van der Waals surface area contributed by atoms with Crippen LogP contribution in [0.5, 0.6) is 0 Å². The van der Waals surface area contributed by atoms with Gasteiger partial charge in [-0.15, -0.1) is 11.6 Å². The van der Waals surface area contributed by atoms with Crippen LogP contribution in [-0.4, -0.2) is 20.2 Å². The van der Waals surface area contributed by atoms with Crippen LogP contribution in [0.15, 0.2) is 29.2 Å². The molecule has 0 saturated heterocycles. The molecule has 0 radical (unpaired) electrons. The number of amides is 1. The lowest BCUT2D eigenvalue weighted by Crippen LogP contribution is -2.13. The van der Waals surface area contributed by atoms with E-state index in [4.69, 9.17) is 16.7 Å². The van der Waals surface area contributed by atoms with Crippen LogP contribution >= 0.6 is 11.6 Å². The average molecular weight is 291 g/mol. The Morgan fingerprint density at radius 2 is 1.83 bits per heavy atom. The van der Waals surface area contributed by atoms with Crippen molar-refractivity contribution in [1.29, 1.82) is 0 Å². The summed E-state index contributed by atoms with van der Waals surface area (Å²) >= 11 is 5.50. The largest absolute Gasteiger partial charge is 0.326 e. The van der Waals surface area contributed by atoms with Crippen molar-refractivity contribution in [3.8, 4) is 0 Å². The summed E-state index contributed by atoms with van der Waals surface area (Å²) in [6.45, 7) is 0. The van der Waals surface area contributed by atoms with Crippen LogP contribution < -0.4 is 10.5 Å². The minimum atomic E-state index is -3.69. The van der Waals surface area contributed by atoms with Crippen molar-refractivity contribution in [3.63, 3.8) is 0 Å². The van der Waals surface area contributed by atoms with Crippen molar-refractivity contribution in [2.24, 2.45) is 5.14 Å². The first-order valence-electron chi connectivity index (χ1n) is 5.42. The van der Waals surface area contributed by atoms with E-state index in [9.17, 15) is 13.2 Å². The zero-order chi connectivity index (χ0) is 13.6. The number of unbranched alkanes of at least 4 members (excludes halogenated alkanes) is 1. The predicted octanol–water partition coefficient (Wildman–Crippen LogP) is 1.68. The maximum absolute atomic E-state index is 11.5. The standard InChI is InChI=1S/C11H15ClN2O3S/c12-8-2-1-3-11(15)14-9-4-6-10(7-5-9)18(13,16)17/h4-7H,1-3,8H2,(H,14,15)(H2,13,16,17). The van der Waals surface area contributed by atoms with E-state index in [1.165, 1.54) is 24.3 Å². The topological polar surface area (TPSA) is 89.3 Å². The Bertz CT molecular complexity index is 500. The minimum Gasteiger partial charge on any atom is -0.326 e. The number of rotatable bonds is 6. The summed E-state index contributed by atoms with van der Waals surface area (Å²) in [6, 6.07) is 5.70. The first-order chi connectivity index (χ1) is 8.43. The summed E-state index contributed by atoms with van der Waals surface area (Å²) in [6.07, 6.45) is 1.91. The smallest absolute Gasteiger partial charge is 0.238 e. The van der Waals surface area contributed by atoms with Crippen molar-refractivity contribution in [2.45, 2.75) is 24.2 Å². The zero-order valence-corrected chi connectivity index (χ0v) is 11.3. The Kier molecular flexibility index (Phi) is 5.58. The van der Waals surface area contributed by atoms with Crippen molar-refractivity contribution < 1.29 is 13.2 Å². The van der Waals surface area contributed by atoms with E-state index in [-0.39, 0.29) is 10.8 Å². The number of benzene rings is 1. The van der Waals surface area contributed by atoms with Gasteiger partial charge in [-0.05, 0) is 37.1 Å². The molecule has 0 atom stereocenters. The third-order valence-corrected chi connectivity index (χ3v) is 3.45. The first-order valence-corrected chi connectivity index (χ1v) is 7.50. The highest BCUT2D eigenvalue weighted by atomic mass is 35.5. The molecule has 0 unspecified atom stereocenters. The Morgan fingerprint density at radius 1 is 1.22 bits per heavy atom. The van der Waals surface area contributed by atoms with Crippen LogP contribution in [0.1, 0.15) is 19.3 Å². The van der Waals surface area contributed by atoms with E-state index in [0.717, 1.165) is 12.8 Å². The van der Waals surface area contributed by atoms with Gasteiger partial charge in [-0.2, -0.15) is 0 Å². The minimum absolute atomic E-state index is 0.0163. The summed E-state index contributed by atoms with van der Waals surface area (Å²) in [5.41, 5.74) is 0.540. The lowest BCUT2D eigenvalue weighted by molar-refractivity contribution is -0.116. The van der Waals surface area contributed by atoms with Crippen molar-refractivity contribution in [3.05, 3.63) is 24.3 Å². The number of hydrogen-bond acceptors (Lipinski definition) is 3. The summed E-state index contributed by atoms with van der Waals surface area (Å²) in [5.74, 6) is 0.416. The summed E-state index contributed by atoms with van der Waals surface area (Å²) in [7, 11) is -3.69. The van der Waals surface area contributed by atoms with E-state index in [1.54, 1.807) is 0 Å². The molecule has 100 valence electrons. The quantitative estimate of drug-likeness (QED) is 0.617. The van der Waals surface area contributed by atoms with Crippen LogP contribution in [0, 0.1) is 0 Å². The number of hydrogen-bond donors (Lipinski definition) is 2. The summed E-state index contributed by atoms with van der Waals surface area (Å²) in [5, 5.41) is 7.62. The SMILES string of the molecule is NS(=O)(=O)c1ccc(NC(=O)CCCCCl)cc1. The number of sulfonamides is 1. The molecular formula is C11H15ClN2O3S. The Hall–Kier alpha value is -1.11. The Morgan fingerprint density at radius 3 is 2.33 bits per heavy atom. The number of primary sulfonamides is 1. The average Bonchev–Trinajstić information content (AvgIpc) is 2.29. The molecule has 0 spiro atoms. The highest BCUT2D eigenvalue weighted by Crippen LogP contribution is 2.13. The van der Waals surface area contributed by atoms with E-state index < -0.39 is 10.0 Å².